The van der Waals surface area contributed by atoms with Crippen molar-refractivity contribution in [3.05, 3.63) is 0 Å². The molecule has 3 unspecified atom stereocenters. The third-order valence-electron chi connectivity index (χ3n) is 5.99. The fraction of sp³-hybridized carbons (Fsp3) is 0.941. The first-order valence-electron chi connectivity index (χ1n) is 8.90. The summed E-state index contributed by atoms with van der Waals surface area (Å²) in [5.41, 5.74) is 0. The highest BCUT2D eigenvalue weighted by Crippen LogP contribution is 2.43. The molecule has 2 saturated carbocycles. The summed E-state index contributed by atoms with van der Waals surface area (Å²) in [7, 11) is 0. The molecule has 1 N–H and O–H groups in total. The van der Waals surface area contributed by atoms with Crippen LogP contribution >= 0.6 is 0 Å². The van der Waals surface area contributed by atoms with Gasteiger partial charge in [-0.15, -0.1) is 0 Å². The van der Waals surface area contributed by atoms with Gasteiger partial charge in [0.15, 0.2) is 0 Å². The van der Waals surface area contributed by atoms with E-state index in [9.17, 15) is 4.79 Å². The van der Waals surface area contributed by atoms with Crippen molar-refractivity contribution in [2.75, 3.05) is 39.3 Å². The van der Waals surface area contributed by atoms with Crippen molar-refractivity contribution in [3.63, 3.8) is 0 Å². The van der Waals surface area contributed by atoms with Crippen LogP contribution in [0.15, 0.2) is 0 Å². The Labute approximate surface area is 128 Å². The van der Waals surface area contributed by atoms with E-state index in [2.05, 4.69) is 9.80 Å². The number of fused-ring (bicyclic) bond motifs is 1. The van der Waals surface area contributed by atoms with Gasteiger partial charge in [-0.05, 0) is 31.1 Å². The number of piperazine rings is 1. The summed E-state index contributed by atoms with van der Waals surface area (Å²) in [5.74, 6) is 2.47. The zero-order chi connectivity index (χ0) is 14.7. The Morgan fingerprint density at radius 3 is 2.38 bits per heavy atom. The van der Waals surface area contributed by atoms with E-state index in [1.165, 1.54) is 32.1 Å². The number of hydrogen-bond donors (Lipinski definition) is 1. The standard InChI is InChI=1S/C17H30N2O2/c20-12-11-18-7-9-19(10-8-18)17(21)16-6-5-14-3-1-2-4-15(14)13-16/h14-16,20H,1-13H2. The Morgan fingerprint density at radius 2 is 1.67 bits per heavy atom. The molecular weight excluding hydrogens is 264 g/mol. The topological polar surface area (TPSA) is 43.8 Å². The Kier molecular flexibility index (Phi) is 5.17. The summed E-state index contributed by atoms with van der Waals surface area (Å²) in [4.78, 5) is 17.1. The van der Waals surface area contributed by atoms with Gasteiger partial charge in [0.05, 0.1) is 6.61 Å². The minimum Gasteiger partial charge on any atom is -0.395 e. The lowest BCUT2D eigenvalue weighted by Crippen LogP contribution is -2.51. The van der Waals surface area contributed by atoms with Crippen molar-refractivity contribution in [3.8, 4) is 0 Å². The van der Waals surface area contributed by atoms with E-state index in [1.54, 1.807) is 0 Å². The molecule has 0 bridgehead atoms. The zero-order valence-corrected chi connectivity index (χ0v) is 13.2. The van der Waals surface area contributed by atoms with Crippen molar-refractivity contribution in [2.24, 2.45) is 17.8 Å². The first kappa shape index (κ1) is 15.3. The maximum Gasteiger partial charge on any atom is 0.225 e. The second-order valence-electron chi connectivity index (χ2n) is 7.21. The average molecular weight is 294 g/mol. The molecule has 3 fully saturated rings. The van der Waals surface area contributed by atoms with Crippen LogP contribution in [0.25, 0.3) is 0 Å². The summed E-state index contributed by atoms with van der Waals surface area (Å²) in [6, 6.07) is 0. The molecule has 0 aromatic carbocycles. The highest BCUT2D eigenvalue weighted by molar-refractivity contribution is 5.79. The van der Waals surface area contributed by atoms with Crippen molar-refractivity contribution < 1.29 is 9.90 Å². The number of carbonyl (C=O) groups is 1. The van der Waals surface area contributed by atoms with Crippen LogP contribution in [-0.2, 0) is 4.79 Å². The van der Waals surface area contributed by atoms with Crippen molar-refractivity contribution in [2.45, 2.75) is 44.9 Å². The normalized spacial score (nSPS) is 34.5. The lowest BCUT2D eigenvalue weighted by Gasteiger charge is -2.41. The molecule has 1 aliphatic heterocycles. The van der Waals surface area contributed by atoms with Gasteiger partial charge in [0.2, 0.25) is 5.91 Å². The van der Waals surface area contributed by atoms with Crippen LogP contribution in [0.3, 0.4) is 0 Å². The van der Waals surface area contributed by atoms with Crippen molar-refractivity contribution in [1.29, 1.82) is 0 Å². The molecule has 21 heavy (non-hydrogen) atoms. The van der Waals surface area contributed by atoms with Gasteiger partial charge in [-0.2, -0.15) is 0 Å². The molecule has 0 radical (unpaired) electrons. The van der Waals surface area contributed by atoms with E-state index < -0.39 is 0 Å². The first-order valence-corrected chi connectivity index (χ1v) is 8.90. The fourth-order valence-corrected chi connectivity index (χ4v) is 4.69. The predicted octanol–water partition coefficient (Wildman–Crippen LogP) is 1.73. The van der Waals surface area contributed by atoms with Gasteiger partial charge in [-0.25, -0.2) is 0 Å². The van der Waals surface area contributed by atoms with Crippen LogP contribution in [0.1, 0.15) is 44.9 Å². The smallest absolute Gasteiger partial charge is 0.225 e. The quantitative estimate of drug-likeness (QED) is 0.862. The molecule has 3 atom stereocenters. The molecule has 1 amide bonds. The molecule has 2 aliphatic carbocycles. The number of aliphatic hydroxyl groups is 1. The second-order valence-corrected chi connectivity index (χ2v) is 7.21. The fourth-order valence-electron chi connectivity index (χ4n) is 4.69. The van der Waals surface area contributed by atoms with Gasteiger partial charge in [-0.3, -0.25) is 9.69 Å². The van der Waals surface area contributed by atoms with Gasteiger partial charge in [-0.1, -0.05) is 25.7 Å². The van der Waals surface area contributed by atoms with E-state index in [0.717, 1.165) is 57.4 Å². The third kappa shape index (κ3) is 3.59. The van der Waals surface area contributed by atoms with Crippen molar-refractivity contribution >= 4 is 5.91 Å². The molecule has 0 spiro atoms. The van der Waals surface area contributed by atoms with E-state index in [-0.39, 0.29) is 6.61 Å². The summed E-state index contributed by atoms with van der Waals surface area (Å²) in [5, 5.41) is 8.99. The van der Waals surface area contributed by atoms with Gasteiger partial charge in [0, 0.05) is 38.6 Å². The number of carbonyl (C=O) groups excluding carboxylic acids is 1. The lowest BCUT2D eigenvalue weighted by atomic mass is 9.67. The molecule has 0 aromatic heterocycles. The summed E-state index contributed by atoms with van der Waals surface area (Å²) < 4.78 is 0. The monoisotopic (exact) mass is 294 g/mol. The lowest BCUT2D eigenvalue weighted by molar-refractivity contribution is -0.139. The van der Waals surface area contributed by atoms with E-state index in [1.807, 2.05) is 0 Å². The second kappa shape index (κ2) is 7.10. The van der Waals surface area contributed by atoms with E-state index >= 15 is 0 Å². The summed E-state index contributed by atoms with van der Waals surface area (Å²) in [6.07, 6.45) is 9.11. The van der Waals surface area contributed by atoms with Gasteiger partial charge < -0.3 is 10.0 Å². The number of amides is 1. The minimum absolute atomic E-state index is 0.222. The van der Waals surface area contributed by atoms with Gasteiger partial charge >= 0.3 is 0 Å². The maximum atomic E-state index is 12.8. The van der Waals surface area contributed by atoms with Crippen LogP contribution in [0.5, 0.6) is 0 Å². The van der Waals surface area contributed by atoms with Crippen LogP contribution < -0.4 is 0 Å². The van der Waals surface area contributed by atoms with E-state index in [4.69, 9.17) is 5.11 Å². The molecular formula is C17H30N2O2. The zero-order valence-electron chi connectivity index (χ0n) is 13.2. The molecule has 0 aromatic rings. The molecule has 1 heterocycles. The maximum absolute atomic E-state index is 12.8. The van der Waals surface area contributed by atoms with Gasteiger partial charge in [0.25, 0.3) is 0 Å². The Balaban J connectivity index is 1.49. The number of aliphatic hydroxyl groups excluding tert-OH is 1. The Hall–Kier alpha value is -0.610. The van der Waals surface area contributed by atoms with Crippen LogP contribution in [0.2, 0.25) is 0 Å². The molecule has 120 valence electrons. The molecule has 3 aliphatic rings. The molecule has 3 rings (SSSR count). The third-order valence-corrected chi connectivity index (χ3v) is 5.99. The average Bonchev–Trinajstić information content (AvgIpc) is 2.55. The number of hydrogen-bond acceptors (Lipinski definition) is 3. The minimum atomic E-state index is 0.222. The molecule has 4 heteroatoms. The summed E-state index contributed by atoms with van der Waals surface area (Å²) in [6.45, 7) is 4.51. The Morgan fingerprint density at radius 1 is 0.952 bits per heavy atom. The van der Waals surface area contributed by atoms with Crippen molar-refractivity contribution in [1.82, 2.24) is 9.80 Å². The van der Waals surface area contributed by atoms with Crippen LogP contribution in [0, 0.1) is 17.8 Å². The largest absolute Gasteiger partial charge is 0.395 e. The van der Waals surface area contributed by atoms with Crippen LogP contribution in [0.4, 0.5) is 0 Å². The van der Waals surface area contributed by atoms with Gasteiger partial charge in [0.1, 0.15) is 0 Å². The molecule has 4 nitrogen and oxygen atoms in total. The highest BCUT2D eigenvalue weighted by atomic mass is 16.3. The first-order chi connectivity index (χ1) is 10.3. The predicted molar refractivity (Wildman–Crippen MR) is 82.9 cm³/mol. The van der Waals surface area contributed by atoms with E-state index in [0.29, 0.717) is 11.8 Å². The number of nitrogens with zero attached hydrogens (tertiary/aromatic N) is 2. The number of β-amino-alcohol motifs (C(OH)–C–C–N with tert-alkyl or cyclic N) is 1. The highest BCUT2D eigenvalue weighted by Gasteiger charge is 2.37. The number of rotatable bonds is 3. The Bertz CT molecular complexity index is 353. The van der Waals surface area contributed by atoms with Crippen LogP contribution in [-0.4, -0.2) is 60.1 Å². The molecule has 1 saturated heterocycles. The summed E-state index contributed by atoms with van der Waals surface area (Å²) >= 11 is 0. The SMILES string of the molecule is O=C(C1CCC2CCCCC2C1)N1CCN(CCO)CC1.